The number of amides is 1. The van der Waals surface area contributed by atoms with Gasteiger partial charge >= 0.3 is 0 Å². The highest BCUT2D eigenvalue weighted by Crippen LogP contribution is 2.17. The van der Waals surface area contributed by atoms with Crippen molar-refractivity contribution in [3.05, 3.63) is 59.7 Å². The lowest BCUT2D eigenvalue weighted by Gasteiger charge is -2.34. The highest BCUT2D eigenvalue weighted by molar-refractivity contribution is 7.80. The van der Waals surface area contributed by atoms with Crippen molar-refractivity contribution in [1.82, 2.24) is 10.2 Å². The van der Waals surface area contributed by atoms with E-state index in [4.69, 9.17) is 17.0 Å². The van der Waals surface area contributed by atoms with Gasteiger partial charge in [-0.1, -0.05) is 24.3 Å². The quantitative estimate of drug-likeness (QED) is 0.790. The summed E-state index contributed by atoms with van der Waals surface area (Å²) in [6, 6.07) is 15.5. The Labute approximate surface area is 165 Å². The van der Waals surface area contributed by atoms with Gasteiger partial charge in [0.15, 0.2) is 5.11 Å². The van der Waals surface area contributed by atoms with E-state index in [-0.39, 0.29) is 11.9 Å². The van der Waals surface area contributed by atoms with Crippen molar-refractivity contribution in [2.75, 3.05) is 25.5 Å². The molecule has 2 N–H and O–H groups in total. The van der Waals surface area contributed by atoms with E-state index in [2.05, 4.69) is 28.5 Å². The number of rotatable bonds is 4. The molecule has 5 nitrogen and oxygen atoms in total. The molecule has 0 atom stereocenters. The number of thiocarbonyl (C=S) groups is 1. The number of hydrogen-bond donors (Lipinski definition) is 2. The van der Waals surface area contributed by atoms with Crippen molar-refractivity contribution < 1.29 is 9.53 Å². The van der Waals surface area contributed by atoms with Gasteiger partial charge in [-0.2, -0.15) is 0 Å². The van der Waals surface area contributed by atoms with Crippen LogP contribution in [0.2, 0.25) is 0 Å². The topological polar surface area (TPSA) is 53.6 Å². The number of para-hydroxylation sites is 1. The smallest absolute Gasteiger partial charge is 0.251 e. The van der Waals surface area contributed by atoms with Gasteiger partial charge in [0.25, 0.3) is 5.91 Å². The number of nitrogens with zero attached hydrogens (tertiary/aromatic N) is 1. The molecule has 0 aliphatic carbocycles. The van der Waals surface area contributed by atoms with E-state index in [1.165, 1.54) is 5.56 Å². The fraction of sp³-hybridized carbons (Fsp3) is 0.333. The van der Waals surface area contributed by atoms with Gasteiger partial charge in [0.1, 0.15) is 5.75 Å². The van der Waals surface area contributed by atoms with E-state index >= 15 is 0 Å². The molecule has 1 heterocycles. The van der Waals surface area contributed by atoms with Crippen molar-refractivity contribution in [1.29, 1.82) is 0 Å². The minimum Gasteiger partial charge on any atom is -0.497 e. The van der Waals surface area contributed by atoms with Crippen LogP contribution in [0.1, 0.15) is 28.8 Å². The number of hydrogen-bond acceptors (Lipinski definition) is 3. The Morgan fingerprint density at radius 3 is 2.59 bits per heavy atom. The molecule has 1 aliphatic heterocycles. The van der Waals surface area contributed by atoms with E-state index in [1.807, 2.05) is 30.3 Å². The number of benzene rings is 2. The zero-order valence-corrected chi connectivity index (χ0v) is 16.5. The molecule has 27 heavy (non-hydrogen) atoms. The molecule has 0 spiro atoms. The van der Waals surface area contributed by atoms with Gasteiger partial charge < -0.3 is 20.3 Å². The minimum absolute atomic E-state index is 0.0621. The standard InChI is InChI=1S/C21H25N3O2S/c1-15-6-3-4-9-19(15)23-21(27)24-12-10-17(11-13-24)22-20(25)16-7-5-8-18(14-16)26-2/h3-9,14,17H,10-13H2,1-2H3,(H,22,25)(H,23,27). The van der Waals surface area contributed by atoms with Crippen LogP contribution in [0.3, 0.4) is 0 Å². The highest BCUT2D eigenvalue weighted by atomic mass is 32.1. The maximum absolute atomic E-state index is 12.5. The molecule has 6 heteroatoms. The Bertz CT molecular complexity index is 817. The van der Waals surface area contributed by atoms with Crippen molar-refractivity contribution in [3.8, 4) is 5.75 Å². The zero-order chi connectivity index (χ0) is 19.2. The fourth-order valence-electron chi connectivity index (χ4n) is 3.17. The largest absolute Gasteiger partial charge is 0.497 e. The number of nitrogens with one attached hydrogen (secondary N) is 2. The number of likely N-dealkylation sites (tertiary alicyclic amines) is 1. The lowest BCUT2D eigenvalue weighted by molar-refractivity contribution is 0.0922. The molecule has 0 bridgehead atoms. The lowest BCUT2D eigenvalue weighted by atomic mass is 10.0. The number of ether oxygens (including phenoxy) is 1. The van der Waals surface area contributed by atoms with Crippen LogP contribution in [0, 0.1) is 6.92 Å². The van der Waals surface area contributed by atoms with Crippen LogP contribution in [0.15, 0.2) is 48.5 Å². The van der Waals surface area contributed by atoms with E-state index in [1.54, 1.807) is 19.2 Å². The molecule has 3 rings (SSSR count). The SMILES string of the molecule is COc1cccc(C(=O)NC2CCN(C(=S)Nc3ccccc3C)CC2)c1. The summed E-state index contributed by atoms with van der Waals surface area (Å²) in [5.41, 5.74) is 2.82. The van der Waals surface area contributed by atoms with E-state index in [0.717, 1.165) is 36.7 Å². The Balaban J connectivity index is 1.50. The highest BCUT2D eigenvalue weighted by Gasteiger charge is 2.23. The van der Waals surface area contributed by atoms with Crippen molar-refractivity contribution in [3.63, 3.8) is 0 Å². The first kappa shape index (κ1) is 19.2. The Hall–Kier alpha value is -2.60. The number of methoxy groups -OCH3 is 1. The first-order valence-electron chi connectivity index (χ1n) is 9.13. The second kappa shape index (κ2) is 8.86. The summed E-state index contributed by atoms with van der Waals surface area (Å²) in [6.07, 6.45) is 1.73. The number of piperidine rings is 1. The van der Waals surface area contributed by atoms with Crippen LogP contribution < -0.4 is 15.4 Å². The molecule has 1 fully saturated rings. The second-order valence-corrected chi connectivity index (χ2v) is 7.10. The average Bonchev–Trinajstić information content (AvgIpc) is 2.70. The monoisotopic (exact) mass is 383 g/mol. The normalized spacial score (nSPS) is 14.5. The van der Waals surface area contributed by atoms with Crippen LogP contribution in [0.5, 0.6) is 5.75 Å². The second-order valence-electron chi connectivity index (χ2n) is 6.71. The van der Waals surface area contributed by atoms with E-state index in [9.17, 15) is 4.79 Å². The molecular formula is C21H25N3O2S. The summed E-state index contributed by atoms with van der Waals surface area (Å²) >= 11 is 5.56. The predicted octanol–water partition coefficient (Wildman–Crippen LogP) is 3.59. The summed E-state index contributed by atoms with van der Waals surface area (Å²) in [5, 5.41) is 7.19. The van der Waals surface area contributed by atoms with E-state index in [0.29, 0.717) is 11.3 Å². The van der Waals surface area contributed by atoms with Crippen LogP contribution in [0.4, 0.5) is 5.69 Å². The summed E-state index contributed by atoms with van der Waals surface area (Å²) in [6.45, 7) is 3.70. The van der Waals surface area contributed by atoms with Crippen LogP contribution in [-0.4, -0.2) is 42.2 Å². The first-order chi connectivity index (χ1) is 13.1. The molecule has 0 radical (unpaired) electrons. The number of carbonyl (C=O) groups is 1. The molecule has 1 aliphatic rings. The molecule has 0 aromatic heterocycles. The van der Waals surface area contributed by atoms with Crippen molar-refractivity contribution in [2.24, 2.45) is 0 Å². The van der Waals surface area contributed by atoms with Gasteiger partial charge in [-0.3, -0.25) is 4.79 Å². The Kier molecular flexibility index (Phi) is 6.29. The maximum atomic E-state index is 12.5. The number of carbonyl (C=O) groups excluding carboxylic acids is 1. The molecular weight excluding hydrogens is 358 g/mol. The molecule has 0 unspecified atom stereocenters. The summed E-state index contributed by atoms with van der Waals surface area (Å²) < 4.78 is 5.18. The summed E-state index contributed by atoms with van der Waals surface area (Å²) in [5.74, 6) is 0.623. The molecule has 0 saturated carbocycles. The van der Waals surface area contributed by atoms with Crippen molar-refractivity contribution in [2.45, 2.75) is 25.8 Å². The third-order valence-corrected chi connectivity index (χ3v) is 5.20. The third kappa shape index (κ3) is 4.98. The minimum atomic E-state index is -0.0621. The average molecular weight is 384 g/mol. The lowest BCUT2D eigenvalue weighted by Crippen LogP contribution is -2.47. The van der Waals surface area contributed by atoms with E-state index < -0.39 is 0 Å². The van der Waals surface area contributed by atoms with Gasteiger partial charge in [0.05, 0.1) is 7.11 Å². The summed E-state index contributed by atoms with van der Waals surface area (Å²) in [4.78, 5) is 14.6. The first-order valence-corrected chi connectivity index (χ1v) is 9.54. The van der Waals surface area contributed by atoms with Crippen LogP contribution in [0.25, 0.3) is 0 Å². The Morgan fingerprint density at radius 2 is 1.89 bits per heavy atom. The zero-order valence-electron chi connectivity index (χ0n) is 15.7. The molecule has 1 saturated heterocycles. The number of anilines is 1. The molecule has 2 aromatic carbocycles. The van der Waals surface area contributed by atoms with Gasteiger partial charge in [0, 0.05) is 30.4 Å². The summed E-state index contributed by atoms with van der Waals surface area (Å²) in [7, 11) is 1.60. The molecule has 142 valence electrons. The fourth-order valence-corrected chi connectivity index (χ4v) is 3.46. The van der Waals surface area contributed by atoms with Crippen LogP contribution in [-0.2, 0) is 0 Å². The van der Waals surface area contributed by atoms with Gasteiger partial charge in [-0.05, 0) is 61.8 Å². The third-order valence-electron chi connectivity index (χ3n) is 4.84. The number of aryl methyl sites for hydroxylation is 1. The maximum Gasteiger partial charge on any atom is 0.251 e. The predicted molar refractivity (Wildman–Crippen MR) is 112 cm³/mol. The Morgan fingerprint density at radius 1 is 1.15 bits per heavy atom. The molecule has 1 amide bonds. The van der Waals surface area contributed by atoms with Gasteiger partial charge in [-0.25, -0.2) is 0 Å². The molecule has 2 aromatic rings. The van der Waals surface area contributed by atoms with Crippen LogP contribution >= 0.6 is 12.2 Å². The van der Waals surface area contributed by atoms with Gasteiger partial charge in [0.2, 0.25) is 0 Å². The van der Waals surface area contributed by atoms with Crippen molar-refractivity contribution >= 4 is 28.9 Å². The van der Waals surface area contributed by atoms with Gasteiger partial charge in [-0.15, -0.1) is 0 Å².